The molecule has 1 aromatic heterocycles. The monoisotopic (exact) mass is 268 g/mol. The van der Waals surface area contributed by atoms with E-state index in [0.29, 0.717) is 12.1 Å². The van der Waals surface area contributed by atoms with Gasteiger partial charge in [-0.1, -0.05) is 24.6 Å². The van der Waals surface area contributed by atoms with E-state index in [1.54, 1.807) is 5.56 Å². The number of hydrogen-bond acceptors (Lipinski definition) is 1. The van der Waals surface area contributed by atoms with Crippen molar-refractivity contribution in [1.82, 2.24) is 10.3 Å². The number of fused-ring (bicyclic) bond motifs is 3. The highest BCUT2D eigenvalue weighted by atomic mass is 15.0. The lowest BCUT2D eigenvalue weighted by molar-refractivity contribution is 0.220. The van der Waals surface area contributed by atoms with Crippen LogP contribution in [0, 0.1) is 5.92 Å². The van der Waals surface area contributed by atoms with E-state index in [0.717, 1.165) is 5.92 Å². The fourth-order valence-electron chi connectivity index (χ4n) is 3.97. The maximum atomic E-state index is 3.91. The molecular weight excluding hydrogens is 244 g/mol. The van der Waals surface area contributed by atoms with Gasteiger partial charge < -0.3 is 10.3 Å². The summed E-state index contributed by atoms with van der Waals surface area (Å²) in [6, 6.07) is 9.95. The molecule has 20 heavy (non-hydrogen) atoms. The third-order valence-electron chi connectivity index (χ3n) is 5.44. The standard InChI is InChI=1S/C18H24N2/c1-12(13-6-4-7-13)19-17-11-5-9-15-14-8-2-3-10-16(14)20-18(15)17/h2-3,8,10,12-13,17,19-20H,4-7,9,11H2,1H3. The second-order valence-electron chi connectivity index (χ2n) is 6.65. The third kappa shape index (κ3) is 1.98. The van der Waals surface area contributed by atoms with Crippen LogP contribution in [0.15, 0.2) is 24.3 Å². The molecule has 2 atom stereocenters. The van der Waals surface area contributed by atoms with Gasteiger partial charge in [-0.3, -0.25) is 0 Å². The van der Waals surface area contributed by atoms with Crippen molar-refractivity contribution in [3.8, 4) is 0 Å². The van der Waals surface area contributed by atoms with Crippen LogP contribution in [0.25, 0.3) is 10.9 Å². The summed E-state index contributed by atoms with van der Waals surface area (Å²) in [6.07, 6.45) is 8.08. The third-order valence-corrected chi connectivity index (χ3v) is 5.44. The molecule has 106 valence electrons. The molecular formula is C18H24N2. The van der Waals surface area contributed by atoms with Crippen molar-refractivity contribution >= 4 is 10.9 Å². The molecule has 2 aliphatic carbocycles. The van der Waals surface area contributed by atoms with Gasteiger partial charge in [-0.05, 0) is 56.6 Å². The van der Waals surface area contributed by atoms with Crippen LogP contribution in [0.4, 0.5) is 0 Å². The van der Waals surface area contributed by atoms with Gasteiger partial charge in [0.2, 0.25) is 0 Å². The van der Waals surface area contributed by atoms with Crippen LogP contribution in [0.5, 0.6) is 0 Å². The van der Waals surface area contributed by atoms with E-state index in [4.69, 9.17) is 0 Å². The van der Waals surface area contributed by atoms with Gasteiger partial charge in [0.15, 0.2) is 0 Å². The van der Waals surface area contributed by atoms with Gasteiger partial charge in [0.25, 0.3) is 0 Å². The van der Waals surface area contributed by atoms with Crippen LogP contribution >= 0.6 is 0 Å². The van der Waals surface area contributed by atoms with Gasteiger partial charge in [0.1, 0.15) is 0 Å². The van der Waals surface area contributed by atoms with Crippen LogP contribution in [-0.2, 0) is 6.42 Å². The van der Waals surface area contributed by atoms with Crippen molar-refractivity contribution in [2.45, 2.75) is 57.5 Å². The number of nitrogens with one attached hydrogen (secondary N) is 2. The molecule has 0 amide bonds. The highest BCUT2D eigenvalue weighted by molar-refractivity contribution is 5.85. The Balaban J connectivity index is 1.63. The zero-order chi connectivity index (χ0) is 13.5. The summed E-state index contributed by atoms with van der Waals surface area (Å²) in [5.74, 6) is 0.907. The molecule has 0 bridgehead atoms. The van der Waals surface area contributed by atoms with Gasteiger partial charge in [-0.15, -0.1) is 0 Å². The maximum absolute atomic E-state index is 3.91. The largest absolute Gasteiger partial charge is 0.357 e. The number of rotatable bonds is 3. The van der Waals surface area contributed by atoms with E-state index < -0.39 is 0 Å². The van der Waals surface area contributed by atoms with Gasteiger partial charge >= 0.3 is 0 Å². The van der Waals surface area contributed by atoms with Gasteiger partial charge in [0.05, 0.1) is 0 Å². The Morgan fingerprint density at radius 3 is 2.80 bits per heavy atom. The Bertz CT molecular complexity index is 609. The lowest BCUT2D eigenvalue weighted by Crippen LogP contribution is -2.40. The summed E-state index contributed by atoms with van der Waals surface area (Å²) in [5.41, 5.74) is 4.33. The molecule has 2 heteroatoms. The first kappa shape index (κ1) is 12.5. The number of aromatic nitrogens is 1. The summed E-state index contributed by atoms with van der Waals surface area (Å²) >= 11 is 0. The molecule has 2 aliphatic rings. The predicted octanol–water partition coefficient (Wildman–Crippen LogP) is 4.32. The van der Waals surface area contributed by atoms with Crippen molar-refractivity contribution in [3.63, 3.8) is 0 Å². The van der Waals surface area contributed by atoms with Crippen LogP contribution < -0.4 is 5.32 Å². The van der Waals surface area contributed by atoms with E-state index in [9.17, 15) is 0 Å². The van der Waals surface area contributed by atoms with Crippen LogP contribution in [0.1, 0.15) is 56.3 Å². The fraction of sp³-hybridized carbons (Fsp3) is 0.556. The maximum Gasteiger partial charge on any atom is 0.0478 e. The molecule has 1 aromatic carbocycles. The van der Waals surface area contributed by atoms with Gasteiger partial charge in [0, 0.05) is 28.7 Å². The Kier molecular flexibility index (Phi) is 3.07. The van der Waals surface area contributed by atoms with E-state index in [1.807, 2.05) is 0 Å². The van der Waals surface area contributed by atoms with Gasteiger partial charge in [-0.2, -0.15) is 0 Å². The molecule has 0 spiro atoms. The molecule has 2 unspecified atom stereocenters. The normalized spacial score (nSPS) is 24.4. The first-order valence-corrected chi connectivity index (χ1v) is 8.18. The van der Waals surface area contributed by atoms with Crippen molar-refractivity contribution in [2.75, 3.05) is 0 Å². The predicted molar refractivity (Wildman–Crippen MR) is 83.9 cm³/mol. The first-order chi connectivity index (χ1) is 9.83. The molecule has 4 rings (SSSR count). The number of hydrogen-bond donors (Lipinski definition) is 2. The molecule has 1 heterocycles. The summed E-state index contributed by atoms with van der Waals surface area (Å²) in [6.45, 7) is 2.38. The Morgan fingerprint density at radius 1 is 1.15 bits per heavy atom. The second-order valence-corrected chi connectivity index (χ2v) is 6.65. The topological polar surface area (TPSA) is 27.8 Å². The summed E-state index contributed by atoms with van der Waals surface area (Å²) in [7, 11) is 0. The SMILES string of the molecule is CC(NC1CCCc2c1[nH]c1ccccc21)C1CCC1. The quantitative estimate of drug-likeness (QED) is 0.852. The van der Waals surface area contributed by atoms with E-state index in [1.165, 1.54) is 55.1 Å². The first-order valence-electron chi connectivity index (χ1n) is 8.18. The number of aryl methyl sites for hydroxylation is 1. The zero-order valence-electron chi connectivity index (χ0n) is 12.3. The molecule has 1 fully saturated rings. The number of H-pyrrole nitrogens is 1. The Labute approximate surface area is 121 Å². The highest BCUT2D eigenvalue weighted by Crippen LogP contribution is 2.36. The van der Waals surface area contributed by atoms with E-state index in [-0.39, 0.29) is 0 Å². The summed E-state index contributed by atoms with van der Waals surface area (Å²) in [5, 5.41) is 5.34. The summed E-state index contributed by atoms with van der Waals surface area (Å²) in [4.78, 5) is 3.68. The van der Waals surface area contributed by atoms with Crippen molar-refractivity contribution in [1.29, 1.82) is 0 Å². The molecule has 2 N–H and O–H groups in total. The molecule has 0 saturated heterocycles. The Hall–Kier alpha value is -1.28. The number of para-hydroxylation sites is 1. The average Bonchev–Trinajstić information content (AvgIpc) is 2.76. The zero-order valence-corrected chi connectivity index (χ0v) is 12.3. The minimum atomic E-state index is 0.529. The minimum absolute atomic E-state index is 0.529. The van der Waals surface area contributed by atoms with Crippen molar-refractivity contribution < 1.29 is 0 Å². The molecule has 0 aliphatic heterocycles. The molecule has 2 nitrogen and oxygen atoms in total. The lowest BCUT2D eigenvalue weighted by atomic mass is 9.79. The van der Waals surface area contributed by atoms with Crippen LogP contribution in [0.3, 0.4) is 0 Å². The minimum Gasteiger partial charge on any atom is -0.357 e. The molecule has 1 saturated carbocycles. The molecule has 2 aromatic rings. The smallest absolute Gasteiger partial charge is 0.0478 e. The van der Waals surface area contributed by atoms with E-state index in [2.05, 4.69) is 41.5 Å². The van der Waals surface area contributed by atoms with Gasteiger partial charge in [-0.25, -0.2) is 0 Å². The second kappa shape index (κ2) is 4.92. The number of benzene rings is 1. The number of aromatic amines is 1. The summed E-state index contributed by atoms with van der Waals surface area (Å²) < 4.78 is 0. The van der Waals surface area contributed by atoms with Crippen LogP contribution in [-0.4, -0.2) is 11.0 Å². The van der Waals surface area contributed by atoms with E-state index >= 15 is 0 Å². The van der Waals surface area contributed by atoms with Crippen molar-refractivity contribution in [3.05, 3.63) is 35.5 Å². The fourth-order valence-corrected chi connectivity index (χ4v) is 3.97. The average molecular weight is 268 g/mol. The molecule has 0 radical (unpaired) electrons. The Morgan fingerprint density at radius 2 is 2.00 bits per heavy atom. The lowest BCUT2D eigenvalue weighted by Gasteiger charge is -2.36. The highest BCUT2D eigenvalue weighted by Gasteiger charge is 2.29. The van der Waals surface area contributed by atoms with Crippen LogP contribution in [0.2, 0.25) is 0 Å². The van der Waals surface area contributed by atoms with Crippen molar-refractivity contribution in [2.24, 2.45) is 5.92 Å².